The quantitative estimate of drug-likeness (QED) is 0.865. The van der Waals surface area contributed by atoms with E-state index in [1.807, 2.05) is 25.3 Å². The maximum Gasteiger partial charge on any atom is 0.253 e. The molecule has 0 unspecified atom stereocenters. The summed E-state index contributed by atoms with van der Waals surface area (Å²) in [7, 11) is 0. The van der Waals surface area contributed by atoms with Crippen LogP contribution in [0.3, 0.4) is 0 Å². The van der Waals surface area contributed by atoms with Crippen LogP contribution in [0.1, 0.15) is 37.7 Å². The lowest BCUT2D eigenvalue weighted by atomic mass is 9.95. The molecule has 0 aliphatic heterocycles. The SMILES string of the molecule is Cc1cccn(CCNC2CCCCC2)c1=O. The molecule has 0 amide bonds. The lowest BCUT2D eigenvalue weighted by Crippen LogP contribution is -2.35. The standard InChI is InChI=1S/C14H22N2O/c1-12-6-5-10-16(14(12)17)11-9-15-13-7-3-2-4-8-13/h5-6,10,13,15H,2-4,7-9,11H2,1H3. The maximum atomic E-state index is 11.8. The number of aryl methyl sites for hydroxylation is 1. The van der Waals surface area contributed by atoms with Crippen LogP contribution in [0.25, 0.3) is 0 Å². The Morgan fingerprint density at radius 3 is 2.88 bits per heavy atom. The molecule has 1 aliphatic rings. The topological polar surface area (TPSA) is 34.0 Å². The van der Waals surface area contributed by atoms with E-state index in [0.717, 1.165) is 18.7 Å². The Balaban J connectivity index is 1.81. The molecule has 1 aromatic rings. The summed E-state index contributed by atoms with van der Waals surface area (Å²) in [5, 5.41) is 3.56. The molecule has 0 bridgehead atoms. The van der Waals surface area contributed by atoms with Gasteiger partial charge in [-0.1, -0.05) is 25.3 Å². The average molecular weight is 234 g/mol. The molecule has 17 heavy (non-hydrogen) atoms. The Labute approximate surface area is 103 Å². The summed E-state index contributed by atoms with van der Waals surface area (Å²) in [6.45, 7) is 3.54. The molecular weight excluding hydrogens is 212 g/mol. The van der Waals surface area contributed by atoms with Crippen LogP contribution >= 0.6 is 0 Å². The van der Waals surface area contributed by atoms with Gasteiger partial charge in [-0.3, -0.25) is 4.79 Å². The van der Waals surface area contributed by atoms with Crippen molar-refractivity contribution in [2.75, 3.05) is 6.54 Å². The molecule has 1 aliphatic carbocycles. The largest absolute Gasteiger partial charge is 0.314 e. The van der Waals surface area contributed by atoms with E-state index in [2.05, 4.69) is 5.32 Å². The Morgan fingerprint density at radius 1 is 1.35 bits per heavy atom. The predicted molar refractivity (Wildman–Crippen MR) is 70.3 cm³/mol. The van der Waals surface area contributed by atoms with Crippen molar-refractivity contribution < 1.29 is 0 Å². The van der Waals surface area contributed by atoms with E-state index in [0.29, 0.717) is 6.04 Å². The first kappa shape index (κ1) is 12.4. The van der Waals surface area contributed by atoms with E-state index in [4.69, 9.17) is 0 Å². The molecule has 0 radical (unpaired) electrons. The zero-order valence-electron chi connectivity index (χ0n) is 10.6. The fraction of sp³-hybridized carbons (Fsp3) is 0.643. The highest BCUT2D eigenvalue weighted by Gasteiger charge is 2.11. The first-order chi connectivity index (χ1) is 8.27. The van der Waals surface area contributed by atoms with Crippen molar-refractivity contribution in [2.45, 2.75) is 51.6 Å². The minimum Gasteiger partial charge on any atom is -0.314 e. The summed E-state index contributed by atoms with van der Waals surface area (Å²) in [4.78, 5) is 11.8. The molecule has 3 heteroatoms. The van der Waals surface area contributed by atoms with Crippen molar-refractivity contribution in [1.82, 2.24) is 9.88 Å². The predicted octanol–water partition coefficient (Wildman–Crippen LogP) is 2.08. The second kappa shape index (κ2) is 6.01. The van der Waals surface area contributed by atoms with Gasteiger partial charge in [0, 0.05) is 30.9 Å². The van der Waals surface area contributed by atoms with E-state index in [1.165, 1.54) is 32.1 Å². The van der Waals surface area contributed by atoms with Crippen molar-refractivity contribution in [3.8, 4) is 0 Å². The van der Waals surface area contributed by atoms with Gasteiger partial charge in [-0.2, -0.15) is 0 Å². The first-order valence-corrected chi connectivity index (χ1v) is 6.67. The van der Waals surface area contributed by atoms with Gasteiger partial charge in [-0.15, -0.1) is 0 Å². The highest BCUT2D eigenvalue weighted by Crippen LogP contribution is 2.16. The first-order valence-electron chi connectivity index (χ1n) is 6.67. The highest BCUT2D eigenvalue weighted by molar-refractivity contribution is 5.07. The Bertz CT molecular complexity index is 405. The minimum absolute atomic E-state index is 0.137. The van der Waals surface area contributed by atoms with Crippen LogP contribution in [0.15, 0.2) is 23.1 Å². The average Bonchev–Trinajstić information content (AvgIpc) is 2.36. The van der Waals surface area contributed by atoms with Gasteiger partial charge in [0.2, 0.25) is 0 Å². The van der Waals surface area contributed by atoms with Crippen LogP contribution in [-0.2, 0) is 6.54 Å². The fourth-order valence-corrected chi connectivity index (χ4v) is 2.53. The van der Waals surface area contributed by atoms with E-state index >= 15 is 0 Å². The third-order valence-electron chi connectivity index (χ3n) is 3.60. The third-order valence-corrected chi connectivity index (χ3v) is 3.60. The molecule has 0 spiro atoms. The van der Waals surface area contributed by atoms with Gasteiger partial charge in [0.05, 0.1) is 0 Å². The van der Waals surface area contributed by atoms with Gasteiger partial charge >= 0.3 is 0 Å². The molecule has 1 saturated carbocycles. The van der Waals surface area contributed by atoms with E-state index in [-0.39, 0.29) is 5.56 Å². The number of pyridine rings is 1. The van der Waals surface area contributed by atoms with Gasteiger partial charge in [0.1, 0.15) is 0 Å². The van der Waals surface area contributed by atoms with Crippen LogP contribution < -0.4 is 10.9 Å². The van der Waals surface area contributed by atoms with Crippen molar-refractivity contribution in [3.63, 3.8) is 0 Å². The number of nitrogens with zero attached hydrogens (tertiary/aromatic N) is 1. The monoisotopic (exact) mass is 234 g/mol. The van der Waals surface area contributed by atoms with Crippen LogP contribution in [0.5, 0.6) is 0 Å². The molecule has 0 aromatic carbocycles. The highest BCUT2D eigenvalue weighted by atomic mass is 16.1. The Hall–Kier alpha value is -1.09. The summed E-state index contributed by atoms with van der Waals surface area (Å²) in [6, 6.07) is 4.48. The molecule has 0 atom stereocenters. The number of nitrogens with one attached hydrogen (secondary N) is 1. The number of aromatic nitrogens is 1. The minimum atomic E-state index is 0.137. The van der Waals surface area contributed by atoms with Gasteiger partial charge in [-0.25, -0.2) is 0 Å². The van der Waals surface area contributed by atoms with E-state index in [9.17, 15) is 4.79 Å². The summed E-state index contributed by atoms with van der Waals surface area (Å²) < 4.78 is 1.80. The molecule has 2 rings (SSSR count). The Kier molecular flexibility index (Phi) is 4.37. The molecule has 1 N–H and O–H groups in total. The van der Waals surface area contributed by atoms with Gasteiger partial charge in [-0.05, 0) is 25.8 Å². The van der Waals surface area contributed by atoms with Crippen LogP contribution in [0.4, 0.5) is 0 Å². The summed E-state index contributed by atoms with van der Waals surface area (Å²) in [6.07, 6.45) is 8.54. The van der Waals surface area contributed by atoms with Crippen LogP contribution in [0, 0.1) is 6.92 Å². The number of hydrogen-bond acceptors (Lipinski definition) is 2. The van der Waals surface area contributed by atoms with Crippen LogP contribution in [0.2, 0.25) is 0 Å². The van der Waals surface area contributed by atoms with Crippen LogP contribution in [-0.4, -0.2) is 17.2 Å². The van der Waals surface area contributed by atoms with Crippen molar-refractivity contribution in [3.05, 3.63) is 34.2 Å². The fourth-order valence-electron chi connectivity index (χ4n) is 2.53. The molecule has 94 valence electrons. The lowest BCUT2D eigenvalue weighted by Gasteiger charge is -2.23. The molecule has 1 fully saturated rings. The smallest absolute Gasteiger partial charge is 0.253 e. The zero-order chi connectivity index (χ0) is 12.1. The van der Waals surface area contributed by atoms with Gasteiger partial charge < -0.3 is 9.88 Å². The molecule has 3 nitrogen and oxygen atoms in total. The summed E-state index contributed by atoms with van der Waals surface area (Å²) in [5.41, 5.74) is 0.961. The summed E-state index contributed by atoms with van der Waals surface area (Å²) in [5.74, 6) is 0. The Morgan fingerprint density at radius 2 is 2.12 bits per heavy atom. The number of hydrogen-bond donors (Lipinski definition) is 1. The van der Waals surface area contributed by atoms with Crippen molar-refractivity contribution in [1.29, 1.82) is 0 Å². The zero-order valence-corrected chi connectivity index (χ0v) is 10.6. The van der Waals surface area contributed by atoms with Crippen molar-refractivity contribution >= 4 is 0 Å². The maximum absolute atomic E-state index is 11.8. The summed E-state index contributed by atoms with van der Waals surface area (Å²) >= 11 is 0. The van der Waals surface area contributed by atoms with E-state index < -0.39 is 0 Å². The second-order valence-corrected chi connectivity index (χ2v) is 4.98. The molecule has 1 aromatic heterocycles. The molecule has 0 saturated heterocycles. The van der Waals surface area contributed by atoms with Gasteiger partial charge in [0.15, 0.2) is 0 Å². The normalized spacial score (nSPS) is 17.2. The molecule has 1 heterocycles. The third kappa shape index (κ3) is 3.43. The van der Waals surface area contributed by atoms with E-state index in [1.54, 1.807) is 4.57 Å². The van der Waals surface area contributed by atoms with Gasteiger partial charge in [0.25, 0.3) is 5.56 Å². The second-order valence-electron chi connectivity index (χ2n) is 4.98. The molecular formula is C14H22N2O. The number of rotatable bonds is 4. The lowest BCUT2D eigenvalue weighted by molar-refractivity contribution is 0.367. The van der Waals surface area contributed by atoms with Crippen molar-refractivity contribution in [2.24, 2.45) is 0 Å².